The average molecular weight is 368 g/mol. The van der Waals surface area contributed by atoms with Gasteiger partial charge in [-0.3, -0.25) is 19.6 Å². The van der Waals surface area contributed by atoms with E-state index in [9.17, 15) is 19.3 Å². The number of benzene rings is 2. The SMILES string of the molecule is Cc1nn(Cc2ccccc2)c(C)c1C(=O)Nc1ccc(F)c([N+](=O)[O-])c1. The summed E-state index contributed by atoms with van der Waals surface area (Å²) in [7, 11) is 0. The lowest BCUT2D eigenvalue weighted by molar-refractivity contribution is -0.387. The Morgan fingerprint density at radius 3 is 2.59 bits per heavy atom. The fraction of sp³-hybridized carbons (Fsp3) is 0.158. The number of aromatic nitrogens is 2. The minimum Gasteiger partial charge on any atom is -0.322 e. The molecule has 0 atom stereocenters. The van der Waals surface area contributed by atoms with E-state index in [1.807, 2.05) is 30.3 Å². The Kier molecular flexibility index (Phi) is 4.98. The van der Waals surface area contributed by atoms with Gasteiger partial charge in [0.2, 0.25) is 5.82 Å². The summed E-state index contributed by atoms with van der Waals surface area (Å²) in [5, 5.41) is 17.8. The molecule has 27 heavy (non-hydrogen) atoms. The number of nitro groups is 1. The molecule has 2 aromatic carbocycles. The maximum absolute atomic E-state index is 13.5. The van der Waals surface area contributed by atoms with Gasteiger partial charge in [0.05, 0.1) is 22.7 Å². The predicted molar refractivity (Wildman–Crippen MR) is 98.3 cm³/mol. The molecule has 3 rings (SSSR count). The standard InChI is InChI=1S/C19H17FN4O3/c1-12-18(13(2)23(22-12)11-14-6-4-3-5-7-14)19(25)21-15-8-9-16(20)17(10-15)24(26)27/h3-10H,11H2,1-2H3,(H,21,25). The summed E-state index contributed by atoms with van der Waals surface area (Å²) < 4.78 is 15.2. The van der Waals surface area contributed by atoms with Crippen LogP contribution in [0.2, 0.25) is 0 Å². The molecule has 0 spiro atoms. The summed E-state index contributed by atoms with van der Waals surface area (Å²) in [4.78, 5) is 22.7. The molecule has 7 nitrogen and oxygen atoms in total. The number of aryl methyl sites for hydroxylation is 1. The normalized spacial score (nSPS) is 10.6. The molecule has 0 unspecified atom stereocenters. The van der Waals surface area contributed by atoms with Gasteiger partial charge in [0.25, 0.3) is 5.91 Å². The van der Waals surface area contributed by atoms with Crippen molar-refractivity contribution in [3.05, 3.63) is 87.0 Å². The van der Waals surface area contributed by atoms with Crippen LogP contribution in [0.3, 0.4) is 0 Å². The number of carbonyl (C=O) groups excluding carboxylic acids is 1. The number of rotatable bonds is 5. The lowest BCUT2D eigenvalue weighted by Gasteiger charge is -2.07. The minimum atomic E-state index is -0.957. The molecule has 0 aliphatic heterocycles. The second-order valence-corrected chi connectivity index (χ2v) is 6.07. The summed E-state index contributed by atoms with van der Waals surface area (Å²) in [6.45, 7) is 4.02. The number of hydrogen-bond acceptors (Lipinski definition) is 4. The molecular formula is C19H17FN4O3. The van der Waals surface area contributed by atoms with Crippen molar-refractivity contribution in [1.82, 2.24) is 9.78 Å². The number of carbonyl (C=O) groups is 1. The first-order valence-electron chi connectivity index (χ1n) is 8.20. The zero-order chi connectivity index (χ0) is 19.6. The second kappa shape index (κ2) is 7.36. The lowest BCUT2D eigenvalue weighted by atomic mass is 10.1. The largest absolute Gasteiger partial charge is 0.322 e. The van der Waals surface area contributed by atoms with Gasteiger partial charge < -0.3 is 5.32 Å². The molecule has 1 heterocycles. The third kappa shape index (κ3) is 3.84. The van der Waals surface area contributed by atoms with Gasteiger partial charge in [-0.2, -0.15) is 9.49 Å². The molecule has 1 aromatic heterocycles. The van der Waals surface area contributed by atoms with Crippen molar-refractivity contribution in [3.63, 3.8) is 0 Å². The average Bonchev–Trinajstić information content (AvgIpc) is 2.90. The van der Waals surface area contributed by atoms with Crippen LogP contribution < -0.4 is 5.32 Å². The maximum Gasteiger partial charge on any atom is 0.306 e. The van der Waals surface area contributed by atoms with Crippen LogP contribution in [-0.4, -0.2) is 20.6 Å². The highest BCUT2D eigenvalue weighted by Crippen LogP contribution is 2.23. The number of hydrogen-bond donors (Lipinski definition) is 1. The Balaban J connectivity index is 1.85. The summed E-state index contributed by atoms with van der Waals surface area (Å²) in [6, 6.07) is 12.9. The van der Waals surface area contributed by atoms with Crippen LogP contribution >= 0.6 is 0 Å². The van der Waals surface area contributed by atoms with E-state index in [1.54, 1.807) is 18.5 Å². The molecule has 0 bridgehead atoms. The van der Waals surface area contributed by atoms with Gasteiger partial charge >= 0.3 is 5.69 Å². The summed E-state index contributed by atoms with van der Waals surface area (Å²) in [5.74, 6) is -1.41. The molecule has 1 N–H and O–H groups in total. The van der Waals surface area contributed by atoms with Crippen molar-refractivity contribution in [3.8, 4) is 0 Å². The fourth-order valence-electron chi connectivity index (χ4n) is 2.86. The summed E-state index contributed by atoms with van der Waals surface area (Å²) >= 11 is 0. The number of halogens is 1. The molecule has 0 saturated carbocycles. The molecule has 138 valence electrons. The van der Waals surface area contributed by atoms with E-state index in [0.717, 1.165) is 17.7 Å². The van der Waals surface area contributed by atoms with E-state index in [1.165, 1.54) is 6.07 Å². The van der Waals surface area contributed by atoms with Gasteiger partial charge in [0, 0.05) is 17.4 Å². The van der Waals surface area contributed by atoms with Gasteiger partial charge in [-0.05, 0) is 31.5 Å². The minimum absolute atomic E-state index is 0.141. The van der Waals surface area contributed by atoms with E-state index in [2.05, 4.69) is 10.4 Å². The number of amides is 1. The first-order valence-corrected chi connectivity index (χ1v) is 8.20. The van der Waals surface area contributed by atoms with E-state index >= 15 is 0 Å². The van der Waals surface area contributed by atoms with Crippen LogP contribution in [0.1, 0.15) is 27.3 Å². The van der Waals surface area contributed by atoms with Crippen LogP contribution in [0.25, 0.3) is 0 Å². The molecule has 0 fully saturated rings. The van der Waals surface area contributed by atoms with Crippen molar-refractivity contribution in [2.45, 2.75) is 20.4 Å². The fourth-order valence-corrected chi connectivity index (χ4v) is 2.86. The maximum atomic E-state index is 13.5. The van der Waals surface area contributed by atoms with E-state index in [-0.39, 0.29) is 5.69 Å². The van der Waals surface area contributed by atoms with E-state index in [4.69, 9.17) is 0 Å². The monoisotopic (exact) mass is 368 g/mol. The smallest absolute Gasteiger partial charge is 0.306 e. The van der Waals surface area contributed by atoms with Gasteiger partial charge in [-0.15, -0.1) is 0 Å². The number of nitrogens with zero attached hydrogens (tertiary/aromatic N) is 3. The Morgan fingerprint density at radius 2 is 1.93 bits per heavy atom. The highest BCUT2D eigenvalue weighted by Gasteiger charge is 2.21. The molecule has 0 saturated heterocycles. The summed E-state index contributed by atoms with van der Waals surface area (Å²) in [5.41, 5.74) is 2.09. The van der Waals surface area contributed by atoms with Crippen molar-refractivity contribution >= 4 is 17.3 Å². The molecule has 0 radical (unpaired) electrons. The van der Waals surface area contributed by atoms with Crippen LogP contribution in [0.4, 0.5) is 15.8 Å². The Morgan fingerprint density at radius 1 is 1.22 bits per heavy atom. The van der Waals surface area contributed by atoms with Crippen molar-refractivity contribution in [2.24, 2.45) is 0 Å². The van der Waals surface area contributed by atoms with Gasteiger partial charge in [-0.1, -0.05) is 30.3 Å². The van der Waals surface area contributed by atoms with E-state index < -0.39 is 22.3 Å². The number of nitro benzene ring substituents is 1. The second-order valence-electron chi connectivity index (χ2n) is 6.07. The van der Waals surface area contributed by atoms with E-state index in [0.29, 0.717) is 23.5 Å². The first-order chi connectivity index (χ1) is 12.9. The van der Waals surface area contributed by atoms with Gasteiger partial charge in [0.1, 0.15) is 0 Å². The van der Waals surface area contributed by atoms with Gasteiger partial charge in [0.15, 0.2) is 0 Å². The third-order valence-electron chi connectivity index (χ3n) is 4.18. The zero-order valence-corrected chi connectivity index (χ0v) is 14.8. The van der Waals surface area contributed by atoms with Crippen LogP contribution in [0, 0.1) is 29.8 Å². The molecule has 0 aliphatic carbocycles. The molecule has 1 amide bonds. The highest BCUT2D eigenvalue weighted by atomic mass is 19.1. The third-order valence-corrected chi connectivity index (χ3v) is 4.18. The molecule has 0 aliphatic rings. The highest BCUT2D eigenvalue weighted by molar-refractivity contribution is 6.06. The molecule has 3 aromatic rings. The Hall–Kier alpha value is -3.55. The molecule has 8 heteroatoms. The lowest BCUT2D eigenvalue weighted by Crippen LogP contribution is -2.14. The zero-order valence-electron chi connectivity index (χ0n) is 14.8. The van der Waals surface area contributed by atoms with Crippen molar-refractivity contribution in [2.75, 3.05) is 5.32 Å². The van der Waals surface area contributed by atoms with Crippen molar-refractivity contribution in [1.29, 1.82) is 0 Å². The first kappa shape index (κ1) is 18.2. The quantitative estimate of drug-likeness (QED) is 0.547. The topological polar surface area (TPSA) is 90.1 Å². The Labute approximate surface area is 154 Å². The number of nitrogens with one attached hydrogen (secondary N) is 1. The van der Waals surface area contributed by atoms with Crippen LogP contribution in [-0.2, 0) is 6.54 Å². The van der Waals surface area contributed by atoms with Crippen LogP contribution in [0.15, 0.2) is 48.5 Å². The van der Waals surface area contributed by atoms with Crippen molar-refractivity contribution < 1.29 is 14.1 Å². The predicted octanol–water partition coefficient (Wildman–Crippen LogP) is 3.85. The van der Waals surface area contributed by atoms with Crippen LogP contribution in [0.5, 0.6) is 0 Å². The Bertz CT molecular complexity index is 1020. The molecular weight excluding hydrogens is 351 g/mol. The van der Waals surface area contributed by atoms with Gasteiger partial charge in [-0.25, -0.2) is 0 Å². The summed E-state index contributed by atoms with van der Waals surface area (Å²) in [6.07, 6.45) is 0. The number of anilines is 1.